The second-order valence-corrected chi connectivity index (χ2v) is 6.85. The van der Waals surface area contributed by atoms with Crippen LogP contribution in [0, 0.1) is 0 Å². The van der Waals surface area contributed by atoms with E-state index in [0.717, 1.165) is 4.47 Å². The second kappa shape index (κ2) is 10.1. The summed E-state index contributed by atoms with van der Waals surface area (Å²) in [6, 6.07) is 10.1. The average Bonchev–Trinajstić information content (AvgIpc) is 3.07. The van der Waals surface area contributed by atoms with Crippen LogP contribution in [0.1, 0.15) is 23.0 Å². The Bertz CT molecular complexity index is 859. The average molecular weight is 500 g/mol. The highest BCUT2D eigenvalue weighted by Crippen LogP contribution is 2.15. The van der Waals surface area contributed by atoms with Crippen molar-refractivity contribution in [3.8, 4) is 0 Å². The molecule has 0 bridgehead atoms. The lowest BCUT2D eigenvalue weighted by Crippen LogP contribution is -2.37. The van der Waals surface area contributed by atoms with Crippen LogP contribution in [-0.4, -0.2) is 30.9 Å². The van der Waals surface area contributed by atoms with Crippen LogP contribution in [0.2, 0.25) is 0 Å². The number of halogens is 2. The molecule has 0 aliphatic carbocycles. The van der Waals surface area contributed by atoms with E-state index in [1.807, 2.05) is 0 Å². The fourth-order valence-electron chi connectivity index (χ4n) is 1.96. The summed E-state index contributed by atoms with van der Waals surface area (Å²) in [6.07, 6.45) is 1.49. The van der Waals surface area contributed by atoms with E-state index in [0.29, 0.717) is 10.2 Å². The summed E-state index contributed by atoms with van der Waals surface area (Å²) in [5.41, 5.74) is 0.638. The lowest BCUT2D eigenvalue weighted by Gasteiger charge is -2.10. The largest absolute Gasteiger partial charge is 0.465 e. The van der Waals surface area contributed by atoms with Crippen LogP contribution in [0.4, 0.5) is 0 Å². The molecule has 0 radical (unpaired) electrons. The van der Waals surface area contributed by atoms with Crippen molar-refractivity contribution in [1.82, 2.24) is 10.6 Å². The van der Waals surface area contributed by atoms with E-state index >= 15 is 0 Å². The third-order valence-corrected chi connectivity index (χ3v) is 4.12. The topological polar surface area (TPSA) is 97.6 Å². The Hall–Kier alpha value is -2.39. The molecule has 2 rings (SSSR count). The van der Waals surface area contributed by atoms with Crippen LogP contribution in [0.3, 0.4) is 0 Å². The number of esters is 1. The zero-order chi connectivity index (χ0) is 19.8. The van der Waals surface area contributed by atoms with Gasteiger partial charge in [0.25, 0.3) is 11.8 Å². The minimum Gasteiger partial charge on any atom is -0.465 e. The van der Waals surface area contributed by atoms with Crippen LogP contribution in [-0.2, 0) is 14.3 Å². The van der Waals surface area contributed by atoms with Gasteiger partial charge < -0.3 is 19.8 Å². The molecular weight excluding hydrogens is 484 g/mol. The normalized spacial score (nSPS) is 11.0. The first kappa shape index (κ1) is 20.9. The molecule has 0 unspecified atom stereocenters. The number of hydrogen-bond donors (Lipinski definition) is 2. The summed E-state index contributed by atoms with van der Waals surface area (Å²) in [4.78, 5) is 36.2. The van der Waals surface area contributed by atoms with Gasteiger partial charge in [-0.05, 0) is 58.8 Å². The SMILES string of the molecule is CCOC(=O)CNC(=O)C(=Cc1ccc(Br)cc1)NC(=O)c1ccc(Br)o1. The van der Waals surface area contributed by atoms with Gasteiger partial charge in [-0.15, -0.1) is 0 Å². The highest BCUT2D eigenvalue weighted by atomic mass is 79.9. The molecule has 1 aromatic heterocycles. The number of hydrogen-bond acceptors (Lipinski definition) is 5. The van der Waals surface area contributed by atoms with E-state index in [9.17, 15) is 14.4 Å². The van der Waals surface area contributed by atoms with E-state index in [1.165, 1.54) is 12.1 Å². The minimum atomic E-state index is -0.634. The molecule has 2 N–H and O–H groups in total. The zero-order valence-corrected chi connectivity index (χ0v) is 17.4. The number of carbonyl (C=O) groups excluding carboxylic acids is 3. The number of rotatable bonds is 7. The third-order valence-electron chi connectivity index (χ3n) is 3.17. The highest BCUT2D eigenvalue weighted by Gasteiger charge is 2.18. The quantitative estimate of drug-likeness (QED) is 0.450. The Labute approximate surface area is 172 Å². The molecule has 1 aromatic carbocycles. The number of nitrogens with one attached hydrogen (secondary N) is 2. The van der Waals surface area contributed by atoms with Crippen LogP contribution < -0.4 is 10.6 Å². The Balaban J connectivity index is 2.19. The maximum atomic E-state index is 12.4. The fraction of sp³-hybridized carbons (Fsp3) is 0.167. The van der Waals surface area contributed by atoms with E-state index in [2.05, 4.69) is 42.5 Å². The Morgan fingerprint density at radius 1 is 1.11 bits per heavy atom. The predicted molar refractivity (Wildman–Crippen MR) is 106 cm³/mol. The van der Waals surface area contributed by atoms with Crippen LogP contribution >= 0.6 is 31.9 Å². The standard InChI is InChI=1S/C18H16Br2N2O5/c1-2-26-16(23)10-21-17(24)13(9-11-3-5-12(19)6-4-11)22-18(25)14-7-8-15(20)27-14/h3-9H,2,10H2,1H3,(H,21,24)(H,22,25). The molecule has 2 aromatic rings. The number of carbonyl (C=O) groups is 3. The van der Waals surface area contributed by atoms with Crippen LogP contribution in [0.15, 0.2) is 55.7 Å². The molecule has 0 spiro atoms. The van der Waals surface area contributed by atoms with Gasteiger partial charge in [0, 0.05) is 4.47 Å². The molecule has 0 saturated carbocycles. The molecule has 1 heterocycles. The van der Waals surface area contributed by atoms with Gasteiger partial charge >= 0.3 is 5.97 Å². The van der Waals surface area contributed by atoms with Crippen molar-refractivity contribution in [2.75, 3.05) is 13.2 Å². The Morgan fingerprint density at radius 3 is 2.41 bits per heavy atom. The number of amides is 2. The van der Waals surface area contributed by atoms with E-state index in [1.54, 1.807) is 37.3 Å². The summed E-state index contributed by atoms with van der Waals surface area (Å²) in [6.45, 7) is 1.56. The Kier molecular flexibility index (Phi) is 7.81. The first-order valence-electron chi connectivity index (χ1n) is 7.86. The van der Waals surface area contributed by atoms with Crippen molar-refractivity contribution >= 4 is 55.7 Å². The van der Waals surface area contributed by atoms with Gasteiger partial charge in [0.15, 0.2) is 10.4 Å². The summed E-state index contributed by atoms with van der Waals surface area (Å²) in [5, 5.41) is 4.91. The van der Waals surface area contributed by atoms with Gasteiger partial charge in [0.1, 0.15) is 12.2 Å². The van der Waals surface area contributed by atoms with Crippen LogP contribution in [0.25, 0.3) is 6.08 Å². The van der Waals surface area contributed by atoms with E-state index < -0.39 is 17.8 Å². The van der Waals surface area contributed by atoms with Crippen molar-refractivity contribution in [2.24, 2.45) is 0 Å². The number of furan rings is 1. The van der Waals surface area contributed by atoms with E-state index in [4.69, 9.17) is 9.15 Å². The van der Waals surface area contributed by atoms with Gasteiger partial charge in [-0.3, -0.25) is 14.4 Å². The van der Waals surface area contributed by atoms with Gasteiger partial charge in [-0.25, -0.2) is 0 Å². The Morgan fingerprint density at radius 2 is 1.81 bits per heavy atom. The molecule has 0 atom stereocenters. The van der Waals surface area contributed by atoms with Gasteiger partial charge in [0.05, 0.1) is 6.61 Å². The van der Waals surface area contributed by atoms with Crippen molar-refractivity contribution in [3.05, 3.63) is 62.6 Å². The number of ether oxygens (including phenoxy) is 1. The molecule has 2 amide bonds. The molecule has 0 fully saturated rings. The fourth-order valence-corrected chi connectivity index (χ4v) is 2.53. The predicted octanol–water partition coefficient (Wildman–Crippen LogP) is 3.25. The van der Waals surface area contributed by atoms with Crippen molar-refractivity contribution in [3.63, 3.8) is 0 Å². The molecular formula is C18H16Br2N2O5. The lowest BCUT2D eigenvalue weighted by molar-refractivity contribution is -0.143. The lowest BCUT2D eigenvalue weighted by atomic mass is 10.2. The van der Waals surface area contributed by atoms with Crippen molar-refractivity contribution < 1.29 is 23.5 Å². The van der Waals surface area contributed by atoms with Crippen molar-refractivity contribution in [2.45, 2.75) is 6.92 Å². The maximum absolute atomic E-state index is 12.4. The molecule has 142 valence electrons. The summed E-state index contributed by atoms with van der Waals surface area (Å²) < 4.78 is 11.2. The van der Waals surface area contributed by atoms with Crippen molar-refractivity contribution in [1.29, 1.82) is 0 Å². The van der Waals surface area contributed by atoms with Gasteiger partial charge in [0.2, 0.25) is 0 Å². The molecule has 9 heteroatoms. The van der Waals surface area contributed by atoms with Gasteiger partial charge in [-0.2, -0.15) is 0 Å². The summed E-state index contributed by atoms with van der Waals surface area (Å²) in [5.74, 6) is -1.78. The second-order valence-electron chi connectivity index (χ2n) is 5.16. The summed E-state index contributed by atoms with van der Waals surface area (Å²) in [7, 11) is 0. The maximum Gasteiger partial charge on any atom is 0.325 e. The van der Waals surface area contributed by atoms with Crippen LogP contribution in [0.5, 0.6) is 0 Å². The zero-order valence-electron chi connectivity index (χ0n) is 14.3. The number of benzene rings is 1. The first-order chi connectivity index (χ1) is 12.9. The smallest absolute Gasteiger partial charge is 0.325 e. The monoisotopic (exact) mass is 498 g/mol. The third kappa shape index (κ3) is 6.69. The molecule has 0 aliphatic rings. The van der Waals surface area contributed by atoms with E-state index in [-0.39, 0.29) is 24.6 Å². The molecule has 0 aliphatic heterocycles. The highest BCUT2D eigenvalue weighted by molar-refractivity contribution is 9.10. The minimum absolute atomic E-state index is 0.0294. The summed E-state index contributed by atoms with van der Waals surface area (Å²) >= 11 is 6.45. The molecule has 0 saturated heterocycles. The first-order valence-corrected chi connectivity index (χ1v) is 9.45. The van der Waals surface area contributed by atoms with Gasteiger partial charge in [-0.1, -0.05) is 28.1 Å². The molecule has 7 nitrogen and oxygen atoms in total. The molecule has 27 heavy (non-hydrogen) atoms.